The number of primary amides is 1. The van der Waals surface area contributed by atoms with Crippen molar-refractivity contribution in [3.8, 4) is 0 Å². The maximum atomic E-state index is 10.5. The van der Waals surface area contributed by atoms with Crippen molar-refractivity contribution >= 4 is 23.5 Å². The summed E-state index contributed by atoms with van der Waals surface area (Å²) in [6.45, 7) is 4.28. The van der Waals surface area contributed by atoms with Crippen molar-refractivity contribution in [3.63, 3.8) is 0 Å². The van der Waals surface area contributed by atoms with Gasteiger partial charge in [-0.1, -0.05) is 13.8 Å². The zero-order chi connectivity index (χ0) is 10.6. The molecule has 3 nitrogen and oxygen atoms in total. The van der Waals surface area contributed by atoms with Crippen LogP contribution in [0.4, 0.5) is 10.5 Å². The molecule has 2 amide bonds. The molecule has 1 rings (SSSR count). The maximum Gasteiger partial charge on any atom is 0.316 e. The number of nitrogens with two attached hydrogens (primary N) is 1. The molecule has 14 heavy (non-hydrogen) atoms. The third-order valence-electron chi connectivity index (χ3n) is 1.49. The first-order chi connectivity index (χ1) is 6.58. The SMILES string of the molecule is CC(C)Sc1ccc(NC(N)=O)cc1. The molecule has 0 spiro atoms. The molecule has 0 bridgehead atoms. The third-order valence-corrected chi connectivity index (χ3v) is 2.51. The first kappa shape index (κ1) is 10.9. The third kappa shape index (κ3) is 3.70. The number of hydrogen-bond acceptors (Lipinski definition) is 2. The quantitative estimate of drug-likeness (QED) is 0.753. The van der Waals surface area contributed by atoms with E-state index >= 15 is 0 Å². The second-order valence-corrected chi connectivity index (χ2v) is 4.83. The molecule has 0 aliphatic rings. The highest BCUT2D eigenvalue weighted by Crippen LogP contribution is 2.23. The Balaban J connectivity index is 2.63. The van der Waals surface area contributed by atoms with Gasteiger partial charge in [-0.2, -0.15) is 0 Å². The Kier molecular flexibility index (Phi) is 3.83. The monoisotopic (exact) mass is 210 g/mol. The van der Waals surface area contributed by atoms with Gasteiger partial charge in [-0.15, -0.1) is 11.8 Å². The van der Waals surface area contributed by atoms with Crippen LogP contribution in [0.2, 0.25) is 0 Å². The molecule has 4 heteroatoms. The highest BCUT2D eigenvalue weighted by Gasteiger charge is 1.99. The fourth-order valence-electron chi connectivity index (χ4n) is 1.03. The molecular weight excluding hydrogens is 196 g/mol. The van der Waals surface area contributed by atoms with Crippen LogP contribution in [0.5, 0.6) is 0 Å². The van der Waals surface area contributed by atoms with Crippen molar-refractivity contribution < 1.29 is 4.79 Å². The Bertz CT molecular complexity index is 308. The van der Waals surface area contributed by atoms with E-state index in [4.69, 9.17) is 5.73 Å². The number of carbonyl (C=O) groups is 1. The summed E-state index contributed by atoms with van der Waals surface area (Å²) in [5, 5.41) is 3.08. The van der Waals surface area contributed by atoms with Crippen molar-refractivity contribution in [2.75, 3.05) is 5.32 Å². The molecule has 0 heterocycles. The molecule has 0 atom stereocenters. The van der Waals surface area contributed by atoms with Crippen LogP contribution in [0.15, 0.2) is 29.2 Å². The zero-order valence-corrected chi connectivity index (χ0v) is 9.10. The molecule has 3 N–H and O–H groups in total. The molecule has 0 saturated carbocycles. The smallest absolute Gasteiger partial charge is 0.316 e. The summed E-state index contributed by atoms with van der Waals surface area (Å²) < 4.78 is 0. The standard InChI is InChI=1S/C10H14N2OS/c1-7(2)14-9-5-3-8(4-6-9)12-10(11)13/h3-7H,1-2H3,(H3,11,12,13). The minimum absolute atomic E-state index is 0.533. The molecule has 1 aromatic carbocycles. The van der Waals surface area contributed by atoms with E-state index in [-0.39, 0.29) is 0 Å². The fraction of sp³-hybridized carbons (Fsp3) is 0.300. The Morgan fingerprint density at radius 2 is 1.93 bits per heavy atom. The minimum atomic E-state index is -0.533. The van der Waals surface area contributed by atoms with Crippen molar-refractivity contribution in [3.05, 3.63) is 24.3 Å². The van der Waals surface area contributed by atoms with Gasteiger partial charge in [-0.05, 0) is 24.3 Å². The van der Waals surface area contributed by atoms with Crippen LogP contribution in [-0.4, -0.2) is 11.3 Å². The second-order valence-electron chi connectivity index (χ2n) is 3.18. The molecule has 0 unspecified atom stereocenters. The first-order valence-corrected chi connectivity index (χ1v) is 5.29. The fourth-order valence-corrected chi connectivity index (χ4v) is 1.87. The molecule has 0 radical (unpaired) electrons. The summed E-state index contributed by atoms with van der Waals surface area (Å²) in [4.78, 5) is 11.7. The van der Waals surface area contributed by atoms with Crippen molar-refractivity contribution in [2.45, 2.75) is 24.0 Å². The van der Waals surface area contributed by atoms with E-state index < -0.39 is 6.03 Å². The van der Waals surface area contributed by atoms with E-state index in [9.17, 15) is 4.79 Å². The van der Waals surface area contributed by atoms with E-state index in [0.717, 1.165) is 5.69 Å². The van der Waals surface area contributed by atoms with Gasteiger partial charge in [0.05, 0.1) is 0 Å². The summed E-state index contributed by atoms with van der Waals surface area (Å²) in [6.07, 6.45) is 0. The predicted molar refractivity (Wildman–Crippen MR) is 60.6 cm³/mol. The van der Waals surface area contributed by atoms with Crippen LogP contribution in [0.3, 0.4) is 0 Å². The van der Waals surface area contributed by atoms with Crippen LogP contribution in [0.1, 0.15) is 13.8 Å². The van der Waals surface area contributed by atoms with E-state index in [1.807, 2.05) is 24.3 Å². The zero-order valence-electron chi connectivity index (χ0n) is 8.28. The Labute approximate surface area is 88.1 Å². The normalized spacial score (nSPS) is 10.2. The van der Waals surface area contributed by atoms with Crippen LogP contribution in [0, 0.1) is 0 Å². The lowest BCUT2D eigenvalue weighted by Gasteiger charge is -2.06. The summed E-state index contributed by atoms with van der Waals surface area (Å²) in [7, 11) is 0. The predicted octanol–water partition coefficient (Wildman–Crippen LogP) is 2.68. The van der Waals surface area contributed by atoms with Gasteiger partial charge < -0.3 is 11.1 Å². The lowest BCUT2D eigenvalue weighted by Crippen LogP contribution is -2.19. The van der Waals surface area contributed by atoms with Gasteiger partial charge in [-0.3, -0.25) is 0 Å². The maximum absolute atomic E-state index is 10.5. The molecule has 0 saturated heterocycles. The highest BCUT2D eigenvalue weighted by molar-refractivity contribution is 7.99. The topological polar surface area (TPSA) is 55.1 Å². The largest absolute Gasteiger partial charge is 0.351 e. The molecule has 0 aromatic heterocycles. The summed E-state index contributed by atoms with van der Waals surface area (Å²) in [5.41, 5.74) is 5.72. The van der Waals surface area contributed by atoms with E-state index in [0.29, 0.717) is 5.25 Å². The van der Waals surface area contributed by atoms with Crippen LogP contribution in [-0.2, 0) is 0 Å². The second kappa shape index (κ2) is 4.91. The average Bonchev–Trinajstić information content (AvgIpc) is 2.06. The summed E-state index contributed by atoms with van der Waals surface area (Å²) >= 11 is 1.78. The molecule has 1 aromatic rings. The number of rotatable bonds is 3. The Morgan fingerprint density at radius 3 is 2.36 bits per heavy atom. The van der Waals surface area contributed by atoms with Gasteiger partial charge in [0.1, 0.15) is 0 Å². The lowest BCUT2D eigenvalue weighted by molar-refractivity contribution is 0.259. The summed E-state index contributed by atoms with van der Waals surface area (Å²) in [6, 6.07) is 7.09. The van der Waals surface area contributed by atoms with Crippen LogP contribution >= 0.6 is 11.8 Å². The van der Waals surface area contributed by atoms with E-state index in [2.05, 4.69) is 19.2 Å². The molecule has 0 aliphatic heterocycles. The number of carbonyl (C=O) groups excluding carboxylic acids is 1. The van der Waals surface area contributed by atoms with Crippen molar-refractivity contribution in [1.29, 1.82) is 0 Å². The number of nitrogens with one attached hydrogen (secondary N) is 1. The van der Waals surface area contributed by atoms with Gasteiger partial charge in [-0.25, -0.2) is 4.79 Å². The number of benzene rings is 1. The van der Waals surface area contributed by atoms with Crippen molar-refractivity contribution in [1.82, 2.24) is 0 Å². The number of anilines is 1. The Morgan fingerprint density at radius 1 is 1.36 bits per heavy atom. The van der Waals surface area contributed by atoms with Crippen LogP contribution < -0.4 is 11.1 Å². The summed E-state index contributed by atoms with van der Waals surface area (Å²) in [5.74, 6) is 0. The van der Waals surface area contributed by atoms with Gasteiger partial charge >= 0.3 is 6.03 Å². The van der Waals surface area contributed by atoms with Crippen molar-refractivity contribution in [2.24, 2.45) is 5.73 Å². The van der Waals surface area contributed by atoms with Gasteiger partial charge in [0, 0.05) is 15.8 Å². The van der Waals surface area contributed by atoms with Gasteiger partial charge in [0.25, 0.3) is 0 Å². The van der Waals surface area contributed by atoms with E-state index in [1.165, 1.54) is 4.90 Å². The van der Waals surface area contributed by atoms with E-state index in [1.54, 1.807) is 11.8 Å². The molecular formula is C10H14N2OS. The van der Waals surface area contributed by atoms with Crippen LogP contribution in [0.25, 0.3) is 0 Å². The van der Waals surface area contributed by atoms with Gasteiger partial charge in [0.15, 0.2) is 0 Å². The lowest BCUT2D eigenvalue weighted by atomic mass is 10.3. The first-order valence-electron chi connectivity index (χ1n) is 4.41. The molecule has 76 valence electrons. The number of hydrogen-bond donors (Lipinski definition) is 2. The minimum Gasteiger partial charge on any atom is -0.351 e. The number of urea groups is 1. The Hall–Kier alpha value is -1.16. The highest BCUT2D eigenvalue weighted by atomic mass is 32.2. The average molecular weight is 210 g/mol. The molecule has 0 aliphatic carbocycles. The number of thioether (sulfide) groups is 1. The van der Waals surface area contributed by atoms with Gasteiger partial charge in [0.2, 0.25) is 0 Å². The number of amides is 2. The molecule has 0 fully saturated rings.